The molecule has 0 saturated heterocycles. The lowest BCUT2D eigenvalue weighted by Gasteiger charge is -2.45. The van der Waals surface area contributed by atoms with Gasteiger partial charge in [0.25, 0.3) is 0 Å². The van der Waals surface area contributed by atoms with Gasteiger partial charge < -0.3 is 15.5 Å². The highest BCUT2D eigenvalue weighted by molar-refractivity contribution is 5.84. The third kappa shape index (κ3) is 8.54. The summed E-state index contributed by atoms with van der Waals surface area (Å²) in [4.78, 5) is 35.8. The molecule has 1 atom stereocenters. The Kier molecular flexibility index (Phi) is 7.70. The van der Waals surface area contributed by atoms with Crippen molar-refractivity contribution < 1.29 is 24.6 Å². The molecule has 7 heteroatoms. The van der Waals surface area contributed by atoms with Crippen LogP contribution in [0.1, 0.15) is 60.8 Å². The van der Waals surface area contributed by atoms with Crippen LogP contribution < -0.4 is 5.32 Å². The van der Waals surface area contributed by atoms with Crippen LogP contribution in [0.25, 0.3) is 0 Å². The van der Waals surface area contributed by atoms with Crippen LogP contribution >= 0.6 is 0 Å². The van der Waals surface area contributed by atoms with E-state index < -0.39 is 18.0 Å². The number of nitrogens with one attached hydrogen (secondary N) is 1. The van der Waals surface area contributed by atoms with E-state index in [4.69, 9.17) is 10.2 Å². The van der Waals surface area contributed by atoms with E-state index in [-0.39, 0.29) is 36.2 Å². The SMILES string of the molecule is CC(C)(C)N(CCC(=O)NC(CCC(=O)O)C(=O)O)C(C)(C)C. The predicted octanol–water partition coefficient (Wildman–Crippen LogP) is 1.71. The predicted molar refractivity (Wildman–Crippen MR) is 87.3 cm³/mol. The smallest absolute Gasteiger partial charge is 0.326 e. The van der Waals surface area contributed by atoms with Crippen LogP contribution in [-0.2, 0) is 14.4 Å². The Bertz CT molecular complexity index is 421. The van der Waals surface area contributed by atoms with E-state index in [1.807, 2.05) is 0 Å². The van der Waals surface area contributed by atoms with E-state index in [0.29, 0.717) is 6.54 Å². The first-order valence-electron chi connectivity index (χ1n) is 7.77. The second-order valence-electron chi connectivity index (χ2n) is 7.63. The Morgan fingerprint density at radius 1 is 0.957 bits per heavy atom. The first-order chi connectivity index (χ1) is 10.2. The maximum atomic E-state index is 12.0. The van der Waals surface area contributed by atoms with Gasteiger partial charge in [-0.2, -0.15) is 0 Å². The third-order valence-electron chi connectivity index (χ3n) is 3.46. The minimum Gasteiger partial charge on any atom is -0.481 e. The first kappa shape index (κ1) is 21.4. The summed E-state index contributed by atoms with van der Waals surface area (Å²) in [5.41, 5.74) is -0.262. The Morgan fingerprint density at radius 2 is 1.43 bits per heavy atom. The van der Waals surface area contributed by atoms with Crippen LogP contribution in [-0.4, -0.2) is 56.6 Å². The number of nitrogens with zero attached hydrogens (tertiary/aromatic N) is 1. The minimum atomic E-state index is -1.22. The molecule has 0 aliphatic heterocycles. The molecule has 0 aromatic carbocycles. The van der Waals surface area contributed by atoms with E-state index >= 15 is 0 Å². The van der Waals surface area contributed by atoms with Gasteiger partial charge >= 0.3 is 11.9 Å². The van der Waals surface area contributed by atoms with Crippen molar-refractivity contribution in [2.75, 3.05) is 6.54 Å². The van der Waals surface area contributed by atoms with Crippen LogP contribution in [0.15, 0.2) is 0 Å². The maximum Gasteiger partial charge on any atom is 0.326 e. The molecule has 134 valence electrons. The van der Waals surface area contributed by atoms with Crippen molar-refractivity contribution in [2.24, 2.45) is 0 Å². The summed E-state index contributed by atoms with van der Waals surface area (Å²) in [5.74, 6) is -2.69. The number of aliphatic carboxylic acids is 2. The number of carbonyl (C=O) groups excluding carboxylic acids is 1. The number of carboxylic acids is 2. The molecule has 0 fully saturated rings. The first-order valence-corrected chi connectivity index (χ1v) is 7.77. The minimum absolute atomic E-state index is 0.126. The molecule has 7 nitrogen and oxygen atoms in total. The number of carbonyl (C=O) groups is 3. The number of amides is 1. The fourth-order valence-corrected chi connectivity index (χ4v) is 2.68. The summed E-state index contributed by atoms with van der Waals surface area (Å²) in [6.07, 6.45) is -0.266. The van der Waals surface area contributed by atoms with Gasteiger partial charge in [-0.05, 0) is 48.0 Å². The van der Waals surface area contributed by atoms with E-state index in [2.05, 4.69) is 51.8 Å². The van der Waals surface area contributed by atoms with E-state index in [0.717, 1.165) is 0 Å². The highest BCUT2D eigenvalue weighted by Gasteiger charge is 2.31. The van der Waals surface area contributed by atoms with Crippen molar-refractivity contribution in [2.45, 2.75) is 77.9 Å². The molecule has 1 unspecified atom stereocenters. The van der Waals surface area contributed by atoms with E-state index in [1.165, 1.54) is 0 Å². The highest BCUT2D eigenvalue weighted by atomic mass is 16.4. The van der Waals surface area contributed by atoms with Gasteiger partial charge in [0, 0.05) is 30.5 Å². The van der Waals surface area contributed by atoms with Gasteiger partial charge in [-0.25, -0.2) is 4.79 Å². The molecule has 0 aromatic heterocycles. The third-order valence-corrected chi connectivity index (χ3v) is 3.46. The van der Waals surface area contributed by atoms with Crippen LogP contribution in [0.3, 0.4) is 0 Å². The van der Waals surface area contributed by atoms with Gasteiger partial charge in [0.1, 0.15) is 6.04 Å². The molecule has 0 bridgehead atoms. The zero-order valence-electron chi connectivity index (χ0n) is 15.0. The van der Waals surface area contributed by atoms with Crippen molar-refractivity contribution in [1.82, 2.24) is 10.2 Å². The normalized spacial score (nSPS) is 13.7. The molecule has 3 N–H and O–H groups in total. The van der Waals surface area contributed by atoms with Crippen molar-refractivity contribution in [3.63, 3.8) is 0 Å². The average Bonchev–Trinajstić information content (AvgIpc) is 2.30. The molecule has 0 aliphatic rings. The largest absolute Gasteiger partial charge is 0.481 e. The summed E-state index contributed by atoms with van der Waals surface area (Å²) in [7, 11) is 0. The zero-order chi connectivity index (χ0) is 18.4. The molecule has 0 saturated carbocycles. The Labute approximate surface area is 138 Å². The fraction of sp³-hybridized carbons (Fsp3) is 0.812. The molecular formula is C16H30N2O5. The lowest BCUT2D eigenvalue weighted by molar-refractivity contribution is -0.143. The summed E-state index contributed by atoms with van der Waals surface area (Å²) in [5, 5.41) is 20.1. The molecule has 0 heterocycles. The summed E-state index contributed by atoms with van der Waals surface area (Å²) in [6.45, 7) is 12.8. The molecule has 0 aromatic rings. The van der Waals surface area contributed by atoms with Crippen LogP contribution in [0.5, 0.6) is 0 Å². The van der Waals surface area contributed by atoms with Crippen molar-refractivity contribution in [3.8, 4) is 0 Å². The van der Waals surface area contributed by atoms with Crippen LogP contribution in [0, 0.1) is 0 Å². The maximum absolute atomic E-state index is 12.0. The summed E-state index contributed by atoms with van der Waals surface area (Å²) in [6, 6.07) is -1.17. The topological polar surface area (TPSA) is 107 Å². The Balaban J connectivity index is 4.67. The molecule has 23 heavy (non-hydrogen) atoms. The number of rotatable bonds is 8. The van der Waals surface area contributed by atoms with Gasteiger partial charge in [0.05, 0.1) is 0 Å². The number of carboxylic acid groups (broad SMARTS) is 2. The summed E-state index contributed by atoms with van der Waals surface area (Å²) < 4.78 is 0. The van der Waals surface area contributed by atoms with E-state index in [9.17, 15) is 14.4 Å². The van der Waals surface area contributed by atoms with Crippen LogP contribution in [0.4, 0.5) is 0 Å². The standard InChI is InChI=1S/C16H30N2O5/c1-15(2,3)18(16(4,5)6)10-9-12(19)17-11(14(22)23)7-8-13(20)21/h11H,7-10H2,1-6H3,(H,17,19)(H,20,21)(H,22,23). The molecule has 0 rings (SSSR count). The molecule has 0 radical (unpaired) electrons. The van der Waals surface area contributed by atoms with E-state index in [1.54, 1.807) is 0 Å². The van der Waals surface area contributed by atoms with Crippen molar-refractivity contribution in [1.29, 1.82) is 0 Å². The van der Waals surface area contributed by atoms with Gasteiger partial charge in [0.15, 0.2) is 0 Å². The van der Waals surface area contributed by atoms with Gasteiger partial charge in [-0.15, -0.1) is 0 Å². The van der Waals surface area contributed by atoms with Crippen molar-refractivity contribution in [3.05, 3.63) is 0 Å². The quantitative estimate of drug-likeness (QED) is 0.625. The average molecular weight is 330 g/mol. The molecule has 1 amide bonds. The molecule has 0 aliphatic carbocycles. The second kappa shape index (κ2) is 8.29. The Morgan fingerprint density at radius 3 is 1.78 bits per heavy atom. The second-order valence-corrected chi connectivity index (χ2v) is 7.63. The lowest BCUT2D eigenvalue weighted by atomic mass is 9.95. The van der Waals surface area contributed by atoms with Gasteiger partial charge in [0.2, 0.25) is 5.91 Å². The fourth-order valence-electron chi connectivity index (χ4n) is 2.68. The monoisotopic (exact) mass is 330 g/mol. The number of hydrogen-bond donors (Lipinski definition) is 3. The highest BCUT2D eigenvalue weighted by Crippen LogP contribution is 2.24. The zero-order valence-corrected chi connectivity index (χ0v) is 15.0. The van der Waals surface area contributed by atoms with Crippen LogP contribution in [0.2, 0.25) is 0 Å². The molecule has 0 spiro atoms. The van der Waals surface area contributed by atoms with Gasteiger partial charge in [-0.1, -0.05) is 0 Å². The molecular weight excluding hydrogens is 300 g/mol. The lowest BCUT2D eigenvalue weighted by Crippen LogP contribution is -2.53. The number of hydrogen-bond acceptors (Lipinski definition) is 4. The summed E-state index contributed by atoms with van der Waals surface area (Å²) >= 11 is 0. The Hall–Kier alpha value is -1.63. The van der Waals surface area contributed by atoms with Gasteiger partial charge in [-0.3, -0.25) is 14.5 Å². The van der Waals surface area contributed by atoms with Crippen molar-refractivity contribution >= 4 is 17.8 Å².